The molecule has 2 atom stereocenters. The van der Waals surface area contributed by atoms with Gasteiger partial charge in [-0.3, -0.25) is 14.4 Å². The van der Waals surface area contributed by atoms with Crippen molar-refractivity contribution in [2.24, 2.45) is 0 Å². The van der Waals surface area contributed by atoms with Gasteiger partial charge >= 0.3 is 5.97 Å². The first-order chi connectivity index (χ1) is 12.9. The molecule has 1 heterocycles. The van der Waals surface area contributed by atoms with Crippen LogP contribution in [-0.4, -0.2) is 81.1 Å². The average Bonchev–Trinajstić information content (AvgIpc) is 2.67. The number of benzene rings is 1. The van der Waals surface area contributed by atoms with E-state index in [1.54, 1.807) is 43.3 Å². The van der Waals surface area contributed by atoms with E-state index in [-0.39, 0.29) is 36.1 Å². The first-order valence-corrected chi connectivity index (χ1v) is 9.70. The van der Waals surface area contributed by atoms with Gasteiger partial charge < -0.3 is 24.6 Å². The maximum absolute atomic E-state index is 12.5. The number of esters is 1. The van der Waals surface area contributed by atoms with E-state index in [0.717, 1.165) is 4.90 Å². The molecule has 0 bridgehead atoms. The second-order valence-corrected chi connectivity index (χ2v) is 7.62. The number of ether oxygens (including phenoxy) is 2. The van der Waals surface area contributed by atoms with E-state index in [0.29, 0.717) is 30.3 Å². The number of thioether (sulfide) groups is 1. The molecule has 0 spiro atoms. The van der Waals surface area contributed by atoms with Crippen molar-refractivity contribution in [3.63, 3.8) is 0 Å². The van der Waals surface area contributed by atoms with Crippen LogP contribution in [0.5, 0.6) is 5.75 Å². The molecule has 2 amide bonds. The van der Waals surface area contributed by atoms with Crippen LogP contribution in [0, 0.1) is 0 Å². The highest BCUT2D eigenvalue weighted by Crippen LogP contribution is 2.19. The fraction of sp³-hybridized carbons (Fsp3) is 0.500. The standard InChI is InChI=1S/C18H25N3O5S/c1-20(11-16(22)19-13-5-4-6-14(9-13)25-2)12-17(23)21-7-8-27-15(10-21)18(24)26-3/h4-6,9,15H,7-8,10-12H2,1-3H3,(H,19,22)/p+1/t15-/m1/s1. The molecule has 1 aliphatic rings. The second kappa shape index (κ2) is 10.2. The molecule has 2 N–H and O–H groups in total. The van der Waals surface area contributed by atoms with Gasteiger partial charge in [-0.25, -0.2) is 0 Å². The van der Waals surface area contributed by atoms with E-state index in [2.05, 4.69) is 5.32 Å². The quantitative estimate of drug-likeness (QED) is 0.591. The van der Waals surface area contributed by atoms with Gasteiger partial charge in [0.2, 0.25) is 0 Å². The number of anilines is 1. The summed E-state index contributed by atoms with van der Waals surface area (Å²) in [5.41, 5.74) is 0.646. The molecule has 2 rings (SSSR count). The minimum atomic E-state index is -0.343. The Balaban J connectivity index is 1.81. The molecule has 1 unspecified atom stereocenters. The topological polar surface area (TPSA) is 89.4 Å². The van der Waals surface area contributed by atoms with Crippen molar-refractivity contribution >= 4 is 35.2 Å². The fourth-order valence-electron chi connectivity index (χ4n) is 2.76. The number of likely N-dealkylation sites (N-methyl/N-ethyl adjacent to an activating group) is 1. The Morgan fingerprint density at radius 1 is 1.30 bits per heavy atom. The largest absolute Gasteiger partial charge is 0.497 e. The summed E-state index contributed by atoms with van der Waals surface area (Å²) in [6.07, 6.45) is 0. The molecule has 0 aromatic heterocycles. The van der Waals surface area contributed by atoms with Crippen LogP contribution in [0.4, 0.5) is 5.69 Å². The normalized spacial score (nSPS) is 17.7. The van der Waals surface area contributed by atoms with E-state index in [1.807, 2.05) is 0 Å². The number of rotatable bonds is 7. The molecule has 9 heteroatoms. The summed E-state index contributed by atoms with van der Waals surface area (Å²) in [7, 11) is 4.70. The average molecular weight is 396 g/mol. The molecule has 0 saturated carbocycles. The third-order valence-electron chi connectivity index (χ3n) is 4.15. The van der Waals surface area contributed by atoms with E-state index >= 15 is 0 Å². The van der Waals surface area contributed by atoms with Crippen molar-refractivity contribution in [3.8, 4) is 5.75 Å². The molecule has 1 aliphatic heterocycles. The Bertz CT molecular complexity index is 685. The number of carbonyl (C=O) groups is 3. The number of methoxy groups -OCH3 is 2. The van der Waals surface area contributed by atoms with Gasteiger partial charge in [0.25, 0.3) is 11.8 Å². The van der Waals surface area contributed by atoms with E-state index < -0.39 is 0 Å². The predicted octanol–water partition coefficient (Wildman–Crippen LogP) is -0.735. The van der Waals surface area contributed by atoms with Crippen molar-refractivity contribution in [2.45, 2.75) is 5.25 Å². The predicted molar refractivity (Wildman–Crippen MR) is 103 cm³/mol. The van der Waals surface area contributed by atoms with Crippen molar-refractivity contribution in [1.29, 1.82) is 0 Å². The van der Waals surface area contributed by atoms with Crippen molar-refractivity contribution in [3.05, 3.63) is 24.3 Å². The highest BCUT2D eigenvalue weighted by atomic mass is 32.2. The Labute approximate surface area is 163 Å². The van der Waals surface area contributed by atoms with Gasteiger partial charge in [0, 0.05) is 30.6 Å². The Kier molecular flexibility index (Phi) is 7.93. The van der Waals surface area contributed by atoms with Crippen LogP contribution in [0.15, 0.2) is 24.3 Å². The second-order valence-electron chi connectivity index (χ2n) is 6.31. The summed E-state index contributed by atoms with van der Waals surface area (Å²) in [6.45, 7) is 1.29. The van der Waals surface area contributed by atoms with Crippen LogP contribution in [0.1, 0.15) is 0 Å². The number of carbonyl (C=O) groups excluding carboxylic acids is 3. The SMILES string of the molecule is COC(=O)[C@H]1CN(C(=O)C[NH+](C)CC(=O)Nc2cccc(OC)c2)CCS1. The van der Waals surface area contributed by atoms with Crippen molar-refractivity contribution < 1.29 is 28.8 Å². The molecular formula is C18H26N3O5S+. The van der Waals surface area contributed by atoms with Gasteiger partial charge in [-0.15, -0.1) is 11.8 Å². The van der Waals surface area contributed by atoms with Gasteiger partial charge in [0.15, 0.2) is 13.1 Å². The van der Waals surface area contributed by atoms with Gasteiger partial charge in [-0.05, 0) is 12.1 Å². The molecule has 0 radical (unpaired) electrons. The van der Waals surface area contributed by atoms with Crippen LogP contribution in [0.2, 0.25) is 0 Å². The monoisotopic (exact) mass is 396 g/mol. The molecule has 148 valence electrons. The minimum Gasteiger partial charge on any atom is -0.497 e. The maximum Gasteiger partial charge on any atom is 0.320 e. The van der Waals surface area contributed by atoms with Gasteiger partial charge in [-0.1, -0.05) is 6.07 Å². The van der Waals surface area contributed by atoms with Crippen LogP contribution < -0.4 is 15.0 Å². The van der Waals surface area contributed by atoms with Crippen LogP contribution in [0.25, 0.3) is 0 Å². The first-order valence-electron chi connectivity index (χ1n) is 8.65. The summed E-state index contributed by atoms with van der Waals surface area (Å²) in [6, 6.07) is 7.10. The summed E-state index contributed by atoms with van der Waals surface area (Å²) in [5.74, 6) is 0.787. The highest BCUT2D eigenvalue weighted by Gasteiger charge is 2.30. The molecule has 0 aliphatic carbocycles. The Morgan fingerprint density at radius 2 is 2.07 bits per heavy atom. The van der Waals surface area contributed by atoms with Crippen molar-refractivity contribution in [2.75, 3.05) is 58.5 Å². The third kappa shape index (κ3) is 6.44. The molecule has 27 heavy (non-hydrogen) atoms. The Hall–Kier alpha value is -2.26. The molecule has 8 nitrogen and oxygen atoms in total. The third-order valence-corrected chi connectivity index (χ3v) is 5.31. The van der Waals surface area contributed by atoms with Crippen LogP contribution >= 0.6 is 11.8 Å². The zero-order valence-corrected chi connectivity index (χ0v) is 16.6. The summed E-state index contributed by atoms with van der Waals surface area (Å²) in [4.78, 5) is 38.8. The number of nitrogens with zero attached hydrogens (tertiary/aromatic N) is 1. The van der Waals surface area contributed by atoms with E-state index in [1.165, 1.54) is 18.9 Å². The van der Waals surface area contributed by atoms with Crippen LogP contribution in [-0.2, 0) is 19.1 Å². The number of hydrogen-bond donors (Lipinski definition) is 2. The number of quaternary nitrogens is 1. The highest BCUT2D eigenvalue weighted by molar-refractivity contribution is 8.00. The molecule has 1 saturated heterocycles. The molecule has 1 aromatic carbocycles. The summed E-state index contributed by atoms with van der Waals surface area (Å²) < 4.78 is 9.89. The summed E-state index contributed by atoms with van der Waals surface area (Å²) >= 11 is 1.50. The zero-order valence-electron chi connectivity index (χ0n) is 15.8. The fourth-order valence-corrected chi connectivity index (χ4v) is 3.89. The van der Waals surface area contributed by atoms with Crippen molar-refractivity contribution in [1.82, 2.24) is 4.90 Å². The maximum atomic E-state index is 12.5. The lowest BCUT2D eigenvalue weighted by atomic mass is 10.3. The molecule has 1 aromatic rings. The number of hydrogen-bond acceptors (Lipinski definition) is 6. The molecular weight excluding hydrogens is 370 g/mol. The smallest absolute Gasteiger partial charge is 0.320 e. The lowest BCUT2D eigenvalue weighted by molar-refractivity contribution is -0.862. The molecule has 1 fully saturated rings. The van der Waals surface area contributed by atoms with E-state index in [9.17, 15) is 14.4 Å². The lowest BCUT2D eigenvalue weighted by Crippen LogP contribution is -3.11. The Morgan fingerprint density at radius 3 is 2.78 bits per heavy atom. The van der Waals surface area contributed by atoms with Gasteiger partial charge in [-0.2, -0.15) is 0 Å². The van der Waals surface area contributed by atoms with Crippen LogP contribution in [0.3, 0.4) is 0 Å². The number of amides is 2. The first kappa shape index (κ1) is 21.0. The lowest BCUT2D eigenvalue weighted by Gasteiger charge is -2.31. The van der Waals surface area contributed by atoms with E-state index in [4.69, 9.17) is 9.47 Å². The van der Waals surface area contributed by atoms with Gasteiger partial charge in [0.1, 0.15) is 11.0 Å². The summed E-state index contributed by atoms with van der Waals surface area (Å²) in [5, 5.41) is 2.46. The zero-order chi connectivity index (χ0) is 19.8. The minimum absolute atomic E-state index is 0.0733. The van der Waals surface area contributed by atoms with Gasteiger partial charge in [0.05, 0.1) is 21.3 Å². The number of nitrogens with one attached hydrogen (secondary N) is 2.